The molecule has 2 aromatic heterocycles. The molecular formula is C11H11IN2OS2. The molecule has 90 valence electrons. The zero-order valence-electron chi connectivity index (χ0n) is 9.34. The zero-order chi connectivity index (χ0) is 11.5. The van der Waals surface area contributed by atoms with Gasteiger partial charge in [-0.2, -0.15) is 0 Å². The van der Waals surface area contributed by atoms with Gasteiger partial charge in [0.2, 0.25) is 0 Å². The third kappa shape index (κ3) is 4.04. The van der Waals surface area contributed by atoms with E-state index >= 15 is 0 Å². The molecule has 3 nitrogen and oxygen atoms in total. The van der Waals surface area contributed by atoms with Gasteiger partial charge in [0, 0.05) is 29.8 Å². The fraction of sp³-hybridized carbons (Fsp3) is 0.182. The Balaban J connectivity index is 0.00000144. The molecule has 2 rings (SSSR count). The molecule has 0 aliphatic rings. The largest absolute Gasteiger partial charge is 0.287 e. The first kappa shape index (κ1) is 14.6. The van der Waals surface area contributed by atoms with Crippen LogP contribution in [-0.4, -0.2) is 15.1 Å². The molecule has 0 bridgehead atoms. The zero-order valence-corrected chi connectivity index (χ0v) is 13.3. The standard InChI is InChI=1S/C11H10N2OS2.HI/c1-7-5-9(3-4-12-7)10-6-15-11(13-10)16-8(2)14;/h3-6H,1-2H3;1H. The number of aryl methyl sites for hydroxylation is 1. The van der Waals surface area contributed by atoms with Gasteiger partial charge in [0.1, 0.15) is 0 Å². The lowest BCUT2D eigenvalue weighted by Gasteiger charge is -1.96. The summed E-state index contributed by atoms with van der Waals surface area (Å²) in [5, 5.41) is 2.02. The van der Waals surface area contributed by atoms with Crippen LogP contribution in [-0.2, 0) is 4.79 Å². The van der Waals surface area contributed by atoms with Crippen LogP contribution in [0.4, 0.5) is 0 Å². The molecule has 2 heterocycles. The van der Waals surface area contributed by atoms with Crippen molar-refractivity contribution in [2.45, 2.75) is 18.2 Å². The van der Waals surface area contributed by atoms with Crippen LogP contribution >= 0.6 is 47.1 Å². The highest BCUT2D eigenvalue weighted by atomic mass is 127. The number of pyridine rings is 1. The van der Waals surface area contributed by atoms with E-state index in [2.05, 4.69) is 9.97 Å². The van der Waals surface area contributed by atoms with E-state index in [9.17, 15) is 4.79 Å². The van der Waals surface area contributed by atoms with Crippen LogP contribution in [0, 0.1) is 6.92 Å². The van der Waals surface area contributed by atoms with Crippen molar-refractivity contribution in [1.82, 2.24) is 9.97 Å². The molecule has 0 spiro atoms. The van der Waals surface area contributed by atoms with E-state index in [-0.39, 0.29) is 29.1 Å². The van der Waals surface area contributed by atoms with Crippen molar-refractivity contribution in [3.8, 4) is 11.3 Å². The Labute approximate surface area is 125 Å². The van der Waals surface area contributed by atoms with E-state index < -0.39 is 0 Å². The minimum atomic E-state index is 0. The van der Waals surface area contributed by atoms with Crippen molar-refractivity contribution in [3.63, 3.8) is 0 Å². The lowest BCUT2D eigenvalue weighted by atomic mass is 10.2. The maximum atomic E-state index is 10.9. The van der Waals surface area contributed by atoms with Crippen LogP contribution in [0.15, 0.2) is 28.0 Å². The maximum absolute atomic E-state index is 10.9. The van der Waals surface area contributed by atoms with Crippen LogP contribution in [0.3, 0.4) is 0 Å². The highest BCUT2D eigenvalue weighted by molar-refractivity contribution is 14.0. The summed E-state index contributed by atoms with van der Waals surface area (Å²) in [6, 6.07) is 3.90. The molecule has 0 amide bonds. The number of rotatable bonds is 2. The van der Waals surface area contributed by atoms with E-state index in [4.69, 9.17) is 0 Å². The van der Waals surface area contributed by atoms with Crippen LogP contribution in [0.25, 0.3) is 11.3 Å². The number of thioether (sulfide) groups is 1. The molecule has 0 aromatic carbocycles. The number of thiazole rings is 1. The fourth-order valence-electron chi connectivity index (χ4n) is 1.26. The van der Waals surface area contributed by atoms with Gasteiger partial charge in [-0.3, -0.25) is 9.78 Å². The second-order valence-electron chi connectivity index (χ2n) is 3.28. The number of nitrogens with zero attached hydrogens (tertiary/aromatic N) is 2. The Kier molecular flexibility index (Phi) is 5.54. The Morgan fingerprint density at radius 1 is 1.47 bits per heavy atom. The smallest absolute Gasteiger partial charge is 0.192 e. The second kappa shape index (κ2) is 6.46. The topological polar surface area (TPSA) is 42.9 Å². The van der Waals surface area contributed by atoms with Gasteiger partial charge < -0.3 is 0 Å². The van der Waals surface area contributed by atoms with Crippen LogP contribution in [0.5, 0.6) is 0 Å². The summed E-state index contributed by atoms with van der Waals surface area (Å²) in [5.41, 5.74) is 2.91. The lowest BCUT2D eigenvalue weighted by Crippen LogP contribution is -1.84. The van der Waals surface area contributed by atoms with Crippen molar-refractivity contribution in [3.05, 3.63) is 29.4 Å². The average Bonchev–Trinajstić information content (AvgIpc) is 2.65. The molecular weight excluding hydrogens is 367 g/mol. The Morgan fingerprint density at radius 3 is 2.88 bits per heavy atom. The van der Waals surface area contributed by atoms with Gasteiger partial charge in [-0.25, -0.2) is 4.98 Å². The fourth-order valence-corrected chi connectivity index (χ4v) is 2.90. The van der Waals surface area contributed by atoms with Crippen molar-refractivity contribution in [2.24, 2.45) is 0 Å². The number of aromatic nitrogens is 2. The molecule has 0 unspecified atom stereocenters. The van der Waals surface area contributed by atoms with Crippen molar-refractivity contribution in [2.75, 3.05) is 0 Å². The van der Waals surface area contributed by atoms with Crippen molar-refractivity contribution < 1.29 is 4.79 Å². The summed E-state index contributed by atoms with van der Waals surface area (Å²) in [6.07, 6.45) is 1.77. The van der Waals surface area contributed by atoms with Crippen LogP contribution in [0.1, 0.15) is 12.6 Å². The summed E-state index contributed by atoms with van der Waals surface area (Å²) in [5.74, 6) is 0. The van der Waals surface area contributed by atoms with Crippen LogP contribution in [0.2, 0.25) is 0 Å². The van der Waals surface area contributed by atoms with E-state index in [0.29, 0.717) is 0 Å². The third-order valence-electron chi connectivity index (χ3n) is 1.91. The van der Waals surface area contributed by atoms with Gasteiger partial charge >= 0.3 is 0 Å². The molecule has 0 radical (unpaired) electrons. The Morgan fingerprint density at radius 2 is 2.24 bits per heavy atom. The second-order valence-corrected chi connectivity index (χ2v) is 5.56. The van der Waals surface area contributed by atoms with Gasteiger partial charge in [0.05, 0.1) is 5.69 Å². The molecule has 6 heteroatoms. The van der Waals surface area contributed by atoms with Crippen molar-refractivity contribution >= 4 is 52.2 Å². The van der Waals surface area contributed by atoms with Gasteiger partial charge in [0.15, 0.2) is 9.45 Å². The monoisotopic (exact) mass is 378 g/mol. The molecule has 0 atom stereocenters. The highest BCUT2D eigenvalue weighted by Gasteiger charge is 2.07. The summed E-state index contributed by atoms with van der Waals surface area (Å²) < 4.78 is 0.789. The predicted molar refractivity (Wildman–Crippen MR) is 82.0 cm³/mol. The first-order valence-corrected chi connectivity index (χ1v) is 6.42. The normalized spacial score (nSPS) is 9.76. The summed E-state index contributed by atoms with van der Waals surface area (Å²) in [4.78, 5) is 19.5. The van der Waals surface area contributed by atoms with Crippen LogP contribution < -0.4 is 0 Å². The number of halogens is 1. The number of carbonyl (C=O) groups is 1. The van der Waals surface area contributed by atoms with Gasteiger partial charge in [-0.05, 0) is 30.8 Å². The maximum Gasteiger partial charge on any atom is 0.192 e. The van der Waals surface area contributed by atoms with Crippen molar-refractivity contribution in [1.29, 1.82) is 0 Å². The lowest BCUT2D eigenvalue weighted by molar-refractivity contribution is -0.109. The molecule has 17 heavy (non-hydrogen) atoms. The minimum absolute atomic E-state index is 0. The number of hydrogen-bond donors (Lipinski definition) is 0. The summed E-state index contributed by atoms with van der Waals surface area (Å²) in [6.45, 7) is 3.49. The van der Waals surface area contributed by atoms with Gasteiger partial charge in [0.25, 0.3) is 0 Å². The number of hydrogen-bond acceptors (Lipinski definition) is 5. The average molecular weight is 378 g/mol. The van der Waals surface area contributed by atoms with E-state index in [1.165, 1.54) is 23.1 Å². The van der Waals surface area contributed by atoms with Gasteiger partial charge in [-0.15, -0.1) is 35.3 Å². The first-order valence-electron chi connectivity index (χ1n) is 4.72. The summed E-state index contributed by atoms with van der Waals surface area (Å²) >= 11 is 2.66. The quantitative estimate of drug-likeness (QED) is 0.590. The molecule has 0 saturated carbocycles. The molecule has 0 saturated heterocycles. The molecule has 0 N–H and O–H groups in total. The van der Waals surface area contributed by atoms with E-state index in [0.717, 1.165) is 21.3 Å². The molecule has 0 aliphatic carbocycles. The SMILES string of the molecule is CC(=O)Sc1nc(-c2ccnc(C)c2)cs1.I. The van der Waals surface area contributed by atoms with Gasteiger partial charge in [-0.1, -0.05) is 0 Å². The molecule has 0 fully saturated rings. The third-order valence-corrected chi connectivity index (χ3v) is 3.63. The Bertz CT molecular complexity index is 528. The summed E-state index contributed by atoms with van der Waals surface area (Å²) in [7, 11) is 0. The first-order chi connectivity index (χ1) is 7.65. The highest BCUT2D eigenvalue weighted by Crippen LogP contribution is 2.28. The van der Waals surface area contributed by atoms with E-state index in [1.54, 1.807) is 13.1 Å². The predicted octanol–water partition coefficient (Wildman–Crippen LogP) is 3.77. The Hall–Kier alpha value is -0.470. The molecule has 0 aliphatic heterocycles. The minimum Gasteiger partial charge on any atom is -0.287 e. The number of carbonyl (C=O) groups excluding carboxylic acids is 1. The van der Waals surface area contributed by atoms with E-state index in [1.807, 2.05) is 24.4 Å². The molecule has 2 aromatic rings.